The van der Waals surface area contributed by atoms with Gasteiger partial charge in [-0.1, -0.05) is 24.3 Å². The Morgan fingerprint density at radius 1 is 1.04 bits per heavy atom. The van der Waals surface area contributed by atoms with Crippen molar-refractivity contribution in [3.05, 3.63) is 53.8 Å². The molecule has 10 nitrogen and oxygen atoms in total. The molecular weight excluding hydrogens is 412 g/mol. The lowest BCUT2D eigenvalue weighted by molar-refractivity contribution is 0.467. The van der Waals surface area contributed by atoms with Crippen molar-refractivity contribution < 1.29 is 35.5 Å². The zero-order chi connectivity index (χ0) is 20.9. The van der Waals surface area contributed by atoms with E-state index in [9.17, 15) is 35.5 Å². The van der Waals surface area contributed by atoms with Crippen molar-refractivity contribution in [2.45, 2.75) is 10.1 Å². The van der Waals surface area contributed by atoms with Crippen LogP contribution in [0.25, 0.3) is 6.08 Å². The van der Waals surface area contributed by atoms with E-state index >= 15 is 0 Å². The van der Waals surface area contributed by atoms with E-state index in [1.807, 2.05) is 0 Å². The molecule has 0 saturated carbocycles. The molecule has 0 bridgehead atoms. The summed E-state index contributed by atoms with van der Waals surface area (Å²) in [6.45, 7) is 0. The first-order chi connectivity index (χ1) is 13.1. The first-order valence-electron chi connectivity index (χ1n) is 7.38. The van der Waals surface area contributed by atoms with Crippen molar-refractivity contribution in [3.8, 4) is 0 Å². The number of rotatable bonds is 6. The van der Waals surface area contributed by atoms with E-state index in [-0.39, 0.29) is 16.9 Å². The molecule has 2 N–H and O–H groups in total. The zero-order valence-electron chi connectivity index (χ0n) is 13.8. The summed E-state index contributed by atoms with van der Waals surface area (Å²) in [7, 11) is -9.26. The maximum absolute atomic E-state index is 11.6. The molecular formula is C16H12N2O8S2. The monoisotopic (exact) mass is 424 g/mol. The van der Waals surface area contributed by atoms with E-state index in [0.29, 0.717) is 0 Å². The van der Waals surface area contributed by atoms with Crippen molar-refractivity contribution in [2.75, 3.05) is 0 Å². The second kappa shape index (κ2) is 8.36. The first kappa shape index (κ1) is 21.3. The van der Waals surface area contributed by atoms with Gasteiger partial charge in [0.25, 0.3) is 20.2 Å². The van der Waals surface area contributed by atoms with Gasteiger partial charge in [0.15, 0.2) is 0 Å². The highest BCUT2D eigenvalue weighted by Gasteiger charge is 2.30. The predicted octanol–water partition coefficient (Wildman–Crippen LogP) is 1.58. The topological polar surface area (TPSA) is 168 Å². The average Bonchev–Trinajstić information content (AvgIpc) is 2.60. The molecule has 1 aliphatic rings. The van der Waals surface area contributed by atoms with Crippen LogP contribution in [0.5, 0.6) is 0 Å². The minimum atomic E-state index is -4.68. The Labute approximate surface area is 159 Å². The summed E-state index contributed by atoms with van der Waals surface area (Å²) < 4.78 is 65.2. The van der Waals surface area contributed by atoms with Crippen molar-refractivity contribution >= 4 is 44.2 Å². The number of benzene rings is 1. The SMILES string of the molecule is O=C=NC1=CC(S(=O)(=O)O)C(C=Cc2ccc(N=C=O)cc2S(=O)(=O)O)C=C1. The molecule has 0 fully saturated rings. The highest BCUT2D eigenvalue weighted by Crippen LogP contribution is 2.28. The van der Waals surface area contributed by atoms with E-state index in [1.54, 1.807) is 0 Å². The third-order valence-electron chi connectivity index (χ3n) is 3.67. The quantitative estimate of drug-likeness (QED) is 0.394. The van der Waals surface area contributed by atoms with E-state index in [4.69, 9.17) is 0 Å². The summed E-state index contributed by atoms with van der Waals surface area (Å²) in [5, 5.41) is -1.48. The average molecular weight is 424 g/mol. The molecule has 1 aliphatic carbocycles. The van der Waals surface area contributed by atoms with E-state index in [1.165, 1.54) is 48.6 Å². The second-order valence-corrected chi connectivity index (χ2v) is 8.43. The largest absolute Gasteiger partial charge is 0.295 e. The van der Waals surface area contributed by atoms with Gasteiger partial charge in [-0.05, 0) is 29.8 Å². The van der Waals surface area contributed by atoms with E-state index in [2.05, 4.69) is 9.98 Å². The number of nitrogens with zero attached hydrogens (tertiary/aromatic N) is 2. The van der Waals surface area contributed by atoms with Crippen LogP contribution in [0, 0.1) is 5.92 Å². The first-order valence-corrected chi connectivity index (χ1v) is 10.3. The van der Waals surface area contributed by atoms with Gasteiger partial charge in [-0.3, -0.25) is 9.11 Å². The second-order valence-electron chi connectivity index (χ2n) is 5.47. The highest BCUT2D eigenvalue weighted by atomic mass is 32.2. The molecule has 0 aromatic heterocycles. The maximum Gasteiger partial charge on any atom is 0.295 e. The number of isocyanates is 2. The third-order valence-corrected chi connectivity index (χ3v) is 5.72. The van der Waals surface area contributed by atoms with Crippen LogP contribution in [0.2, 0.25) is 0 Å². The van der Waals surface area contributed by atoms with Crippen LogP contribution < -0.4 is 0 Å². The lowest BCUT2D eigenvalue weighted by Crippen LogP contribution is -2.27. The van der Waals surface area contributed by atoms with Gasteiger partial charge in [-0.15, -0.1) is 0 Å². The van der Waals surface area contributed by atoms with Gasteiger partial charge in [-0.2, -0.15) is 26.8 Å². The lowest BCUT2D eigenvalue weighted by Gasteiger charge is -2.19. The van der Waals surface area contributed by atoms with Gasteiger partial charge >= 0.3 is 0 Å². The Morgan fingerprint density at radius 3 is 2.29 bits per heavy atom. The van der Waals surface area contributed by atoms with Gasteiger partial charge in [0.05, 0.1) is 11.4 Å². The summed E-state index contributed by atoms with van der Waals surface area (Å²) in [5.41, 5.74) is -0.0973. The Bertz CT molecular complexity index is 1180. The van der Waals surface area contributed by atoms with E-state index < -0.39 is 36.3 Å². The van der Waals surface area contributed by atoms with Crippen LogP contribution in [-0.4, -0.2) is 43.4 Å². The molecule has 28 heavy (non-hydrogen) atoms. The molecule has 1 aromatic carbocycles. The minimum Gasteiger partial charge on any atom is -0.285 e. The summed E-state index contributed by atoms with van der Waals surface area (Å²) in [5.74, 6) is -0.928. The Hall–Kier alpha value is -2.98. The molecule has 0 spiro atoms. The van der Waals surface area contributed by atoms with Gasteiger partial charge in [0, 0.05) is 5.92 Å². The van der Waals surface area contributed by atoms with Gasteiger partial charge in [0.1, 0.15) is 10.1 Å². The lowest BCUT2D eigenvalue weighted by atomic mass is 9.97. The Morgan fingerprint density at radius 2 is 1.71 bits per heavy atom. The fraction of sp³-hybridized carbons (Fsp3) is 0.125. The number of hydrogen-bond acceptors (Lipinski definition) is 8. The summed E-state index contributed by atoms with van der Waals surface area (Å²) in [6.07, 6.45) is 8.69. The molecule has 0 radical (unpaired) electrons. The van der Waals surface area contributed by atoms with Crippen LogP contribution in [0.3, 0.4) is 0 Å². The maximum atomic E-state index is 11.6. The van der Waals surface area contributed by atoms with Crippen LogP contribution in [-0.2, 0) is 29.8 Å². The van der Waals surface area contributed by atoms with Crippen LogP contribution in [0.15, 0.2) is 63.1 Å². The number of carbonyl (C=O) groups excluding carboxylic acids is 2. The Kier molecular flexibility index (Phi) is 6.37. The van der Waals surface area contributed by atoms with Crippen molar-refractivity contribution in [1.82, 2.24) is 0 Å². The van der Waals surface area contributed by atoms with Gasteiger partial charge in [0.2, 0.25) is 12.2 Å². The fourth-order valence-corrected chi connectivity index (χ4v) is 4.05. The number of hydrogen-bond donors (Lipinski definition) is 2. The predicted molar refractivity (Wildman–Crippen MR) is 97.2 cm³/mol. The van der Waals surface area contributed by atoms with Crippen LogP contribution in [0.1, 0.15) is 5.56 Å². The molecule has 2 atom stereocenters. The van der Waals surface area contributed by atoms with Crippen LogP contribution >= 0.6 is 0 Å². The molecule has 0 saturated heterocycles. The molecule has 2 unspecified atom stereocenters. The van der Waals surface area contributed by atoms with Crippen molar-refractivity contribution in [2.24, 2.45) is 15.9 Å². The molecule has 0 amide bonds. The standard InChI is InChI=1S/C16H12N2O8S2/c19-9-17-13-5-3-11(15(7-13)27(21,22)23)1-2-12-4-6-14(18-10-20)8-16(12)28(24,25)26/h1-8,11,15H,(H,21,22,23)(H,24,25,26). The number of aliphatic imine (C=N–C) groups is 2. The molecule has 12 heteroatoms. The summed E-state index contributed by atoms with van der Waals surface area (Å²) in [4.78, 5) is 26.6. The van der Waals surface area contributed by atoms with Crippen molar-refractivity contribution in [3.63, 3.8) is 0 Å². The molecule has 2 rings (SSSR count). The summed E-state index contributed by atoms with van der Waals surface area (Å²) in [6, 6.07) is 3.46. The molecule has 0 aliphatic heterocycles. The van der Waals surface area contributed by atoms with Crippen molar-refractivity contribution in [1.29, 1.82) is 0 Å². The third kappa shape index (κ3) is 5.27. The minimum absolute atomic E-state index is 0.0167. The summed E-state index contributed by atoms with van der Waals surface area (Å²) >= 11 is 0. The molecule has 146 valence electrons. The zero-order valence-corrected chi connectivity index (χ0v) is 15.5. The van der Waals surface area contributed by atoms with E-state index in [0.717, 1.165) is 12.1 Å². The molecule has 1 aromatic rings. The van der Waals surface area contributed by atoms with Gasteiger partial charge in [-0.25, -0.2) is 9.59 Å². The smallest absolute Gasteiger partial charge is 0.285 e. The number of allylic oxidation sites excluding steroid dienone is 3. The highest BCUT2D eigenvalue weighted by molar-refractivity contribution is 7.86. The van der Waals surface area contributed by atoms with Crippen LogP contribution in [0.4, 0.5) is 5.69 Å². The fourth-order valence-electron chi connectivity index (χ4n) is 2.46. The Balaban J connectivity index is 2.49. The van der Waals surface area contributed by atoms with Gasteiger partial charge < -0.3 is 0 Å². The molecule has 0 heterocycles. The normalized spacial score (nSPS) is 19.6.